The lowest BCUT2D eigenvalue weighted by molar-refractivity contribution is 0.0778. The number of aryl methyl sites for hydroxylation is 1. The Bertz CT molecular complexity index is 1500. The van der Waals surface area contributed by atoms with Crippen molar-refractivity contribution in [2.45, 2.75) is 12.5 Å². The number of halogens is 2. The summed E-state index contributed by atoms with van der Waals surface area (Å²) in [5.74, 6) is -0.621. The third-order valence-corrected chi connectivity index (χ3v) is 6.76. The second-order valence-electron chi connectivity index (χ2n) is 8.92. The van der Waals surface area contributed by atoms with Crippen molar-refractivity contribution in [1.29, 1.82) is 5.26 Å². The fraction of sp³-hybridized carbons (Fsp3) is 0.280. The van der Waals surface area contributed by atoms with Gasteiger partial charge in [0.2, 0.25) is 0 Å². The van der Waals surface area contributed by atoms with Gasteiger partial charge in [-0.15, -0.1) is 0 Å². The molecule has 4 aromatic rings. The fourth-order valence-electron chi connectivity index (χ4n) is 4.48. The summed E-state index contributed by atoms with van der Waals surface area (Å²) in [7, 11) is 5.82. The van der Waals surface area contributed by atoms with Crippen molar-refractivity contribution < 1.29 is 9.18 Å². The van der Waals surface area contributed by atoms with Crippen LogP contribution in [0.25, 0.3) is 28.0 Å². The number of fused-ring (bicyclic) bond motifs is 1. The molecule has 0 aliphatic carbocycles. The van der Waals surface area contributed by atoms with Crippen molar-refractivity contribution in [3.05, 3.63) is 64.8 Å². The molecule has 2 aromatic heterocycles. The minimum atomic E-state index is -0.667. The number of benzene rings is 2. The van der Waals surface area contributed by atoms with Gasteiger partial charge in [0.05, 0.1) is 11.1 Å². The zero-order valence-electron chi connectivity index (χ0n) is 19.5. The van der Waals surface area contributed by atoms with Gasteiger partial charge in [-0.3, -0.25) is 14.0 Å². The lowest BCUT2D eigenvalue weighted by Gasteiger charge is -2.20. The van der Waals surface area contributed by atoms with Crippen LogP contribution in [0.4, 0.5) is 4.39 Å². The first kappa shape index (κ1) is 23.0. The van der Waals surface area contributed by atoms with Crippen LogP contribution in [0.3, 0.4) is 0 Å². The number of imidazole rings is 1. The number of carbonyl (C=O) groups is 1. The summed E-state index contributed by atoms with van der Waals surface area (Å²) in [6.07, 6.45) is 2.74. The molecular weight excluding hydrogens is 469 g/mol. The second kappa shape index (κ2) is 8.80. The topological polar surface area (TPSA) is 83.0 Å². The minimum Gasteiger partial charge on any atom is -0.336 e. The first-order chi connectivity index (χ1) is 16.8. The zero-order chi connectivity index (χ0) is 24.9. The van der Waals surface area contributed by atoms with E-state index in [1.807, 2.05) is 51.6 Å². The minimum absolute atomic E-state index is 0.0715. The third kappa shape index (κ3) is 4.05. The predicted molar refractivity (Wildman–Crippen MR) is 131 cm³/mol. The van der Waals surface area contributed by atoms with Crippen molar-refractivity contribution in [3.63, 3.8) is 0 Å². The molecular formula is C25H23ClFN7O. The summed E-state index contributed by atoms with van der Waals surface area (Å²) in [5, 5.41) is 14.6. The number of hydrogen-bond donors (Lipinski definition) is 0. The molecule has 35 heavy (non-hydrogen) atoms. The highest BCUT2D eigenvalue weighted by atomic mass is 35.5. The average Bonchev–Trinajstić information content (AvgIpc) is 3.54. The first-order valence-electron chi connectivity index (χ1n) is 11.1. The van der Waals surface area contributed by atoms with Crippen LogP contribution in [0, 0.1) is 17.1 Å². The van der Waals surface area contributed by atoms with E-state index in [4.69, 9.17) is 16.9 Å². The lowest BCUT2D eigenvalue weighted by atomic mass is 10.1. The second-order valence-corrected chi connectivity index (χ2v) is 9.28. The Labute approximate surface area is 206 Å². The van der Waals surface area contributed by atoms with Crippen LogP contribution < -0.4 is 0 Å². The highest BCUT2D eigenvalue weighted by molar-refractivity contribution is 6.33. The van der Waals surface area contributed by atoms with E-state index < -0.39 is 5.82 Å². The van der Waals surface area contributed by atoms with Crippen molar-refractivity contribution >= 4 is 28.4 Å². The Hall–Kier alpha value is -3.74. The molecule has 0 saturated carbocycles. The largest absolute Gasteiger partial charge is 0.336 e. The quantitative estimate of drug-likeness (QED) is 0.433. The number of rotatable bonds is 4. The number of hydrogen-bond acceptors (Lipinski definition) is 5. The Morgan fingerprint density at radius 2 is 2.06 bits per heavy atom. The fourth-order valence-corrected chi connectivity index (χ4v) is 4.78. The van der Waals surface area contributed by atoms with Gasteiger partial charge < -0.3 is 9.80 Å². The van der Waals surface area contributed by atoms with E-state index in [1.54, 1.807) is 20.2 Å². The van der Waals surface area contributed by atoms with Crippen molar-refractivity contribution in [2.24, 2.45) is 7.05 Å². The molecule has 5 rings (SSSR count). The molecule has 1 aliphatic rings. The zero-order valence-corrected chi connectivity index (χ0v) is 20.3. The summed E-state index contributed by atoms with van der Waals surface area (Å²) < 4.78 is 17.9. The molecule has 1 aliphatic heterocycles. The Morgan fingerprint density at radius 3 is 2.74 bits per heavy atom. The van der Waals surface area contributed by atoms with Gasteiger partial charge in [0, 0.05) is 49.0 Å². The molecule has 1 atom stereocenters. The van der Waals surface area contributed by atoms with Crippen LogP contribution in [0.1, 0.15) is 22.5 Å². The van der Waals surface area contributed by atoms with E-state index in [2.05, 4.69) is 15.0 Å². The summed E-state index contributed by atoms with van der Waals surface area (Å²) in [6, 6.07) is 11.9. The molecule has 10 heteroatoms. The number of amides is 1. The van der Waals surface area contributed by atoms with Gasteiger partial charge in [-0.1, -0.05) is 11.6 Å². The predicted octanol–water partition coefficient (Wildman–Crippen LogP) is 3.87. The normalized spacial score (nSPS) is 15.8. The molecule has 1 saturated heterocycles. The van der Waals surface area contributed by atoms with Crippen LogP contribution >= 0.6 is 11.6 Å². The molecule has 0 bridgehead atoms. The van der Waals surface area contributed by atoms with Crippen molar-refractivity contribution in [1.82, 2.24) is 29.1 Å². The maximum Gasteiger partial charge on any atom is 0.275 e. The molecule has 1 amide bonds. The average molecular weight is 492 g/mol. The molecule has 0 unspecified atom stereocenters. The van der Waals surface area contributed by atoms with Gasteiger partial charge in [-0.25, -0.2) is 9.37 Å². The first-order valence-corrected chi connectivity index (χ1v) is 11.5. The number of nitrogens with zero attached hydrogens (tertiary/aromatic N) is 7. The SMILES string of the molecule is CN(C)[C@H]1CCN(C(=O)c2nc(-c3ccc(C#N)c(F)c3)n(-c3ccc4nn(C)cc4c3)c2Cl)C1. The highest BCUT2D eigenvalue weighted by Gasteiger charge is 2.32. The molecule has 178 valence electrons. The van der Waals surface area contributed by atoms with Gasteiger partial charge in [0.1, 0.15) is 22.9 Å². The lowest BCUT2D eigenvalue weighted by Crippen LogP contribution is -2.34. The molecule has 8 nitrogen and oxygen atoms in total. The van der Waals surface area contributed by atoms with E-state index in [0.29, 0.717) is 30.2 Å². The monoisotopic (exact) mass is 491 g/mol. The maximum atomic E-state index is 14.5. The maximum absolute atomic E-state index is 14.5. The van der Waals surface area contributed by atoms with Gasteiger partial charge >= 0.3 is 0 Å². The van der Waals surface area contributed by atoms with Crippen LogP contribution in [-0.4, -0.2) is 68.3 Å². The third-order valence-electron chi connectivity index (χ3n) is 6.41. The van der Waals surface area contributed by atoms with Crippen molar-refractivity contribution in [2.75, 3.05) is 27.2 Å². The number of carbonyl (C=O) groups excluding carboxylic acids is 1. The Morgan fingerprint density at radius 1 is 1.26 bits per heavy atom. The number of aromatic nitrogens is 4. The molecule has 0 N–H and O–H groups in total. The smallest absolute Gasteiger partial charge is 0.275 e. The molecule has 3 heterocycles. The van der Waals surface area contributed by atoms with E-state index in [9.17, 15) is 9.18 Å². The van der Waals surface area contributed by atoms with Crippen LogP contribution in [0.5, 0.6) is 0 Å². The van der Waals surface area contributed by atoms with Crippen LogP contribution in [0.2, 0.25) is 5.15 Å². The van der Waals surface area contributed by atoms with Gasteiger partial charge in [0.15, 0.2) is 5.69 Å². The van der Waals surface area contributed by atoms with E-state index >= 15 is 0 Å². The number of likely N-dealkylation sites (N-methyl/N-ethyl adjacent to an activating group) is 1. The highest BCUT2D eigenvalue weighted by Crippen LogP contribution is 2.33. The summed E-state index contributed by atoms with van der Waals surface area (Å²) in [4.78, 5) is 21.9. The van der Waals surface area contributed by atoms with E-state index in [1.165, 1.54) is 12.1 Å². The van der Waals surface area contributed by atoms with E-state index in [0.717, 1.165) is 17.3 Å². The number of nitriles is 1. The number of likely N-dealkylation sites (tertiary alicyclic amines) is 1. The standard InChI is InChI=1S/C25H23ClFN7O/c1-31(2)19-8-9-33(14-19)25(35)22-23(26)34(18-6-7-21-17(10-18)13-32(3)30-21)24(29-22)15-4-5-16(12-28)20(27)11-15/h4-7,10-11,13,19H,8-9,14H2,1-3H3/t19-/m0/s1. The summed E-state index contributed by atoms with van der Waals surface area (Å²) in [5.41, 5.74) is 1.91. The van der Waals surface area contributed by atoms with Crippen LogP contribution in [-0.2, 0) is 7.05 Å². The summed E-state index contributed by atoms with van der Waals surface area (Å²) >= 11 is 6.82. The molecule has 0 radical (unpaired) electrons. The van der Waals surface area contributed by atoms with Crippen molar-refractivity contribution in [3.8, 4) is 23.1 Å². The Balaban J connectivity index is 1.65. The van der Waals surface area contributed by atoms with E-state index in [-0.39, 0.29) is 28.4 Å². The van der Waals surface area contributed by atoms with Crippen LogP contribution in [0.15, 0.2) is 42.6 Å². The molecule has 2 aromatic carbocycles. The molecule has 0 spiro atoms. The molecule has 1 fully saturated rings. The Kier molecular flexibility index (Phi) is 5.79. The van der Waals surface area contributed by atoms with Gasteiger partial charge in [-0.05, 0) is 56.9 Å². The summed E-state index contributed by atoms with van der Waals surface area (Å²) in [6.45, 7) is 1.19. The van der Waals surface area contributed by atoms with Gasteiger partial charge in [-0.2, -0.15) is 10.4 Å². The van der Waals surface area contributed by atoms with Gasteiger partial charge in [0.25, 0.3) is 5.91 Å².